The van der Waals surface area contributed by atoms with Crippen molar-refractivity contribution in [2.45, 2.75) is 6.54 Å². The quantitative estimate of drug-likeness (QED) is 0.626. The summed E-state index contributed by atoms with van der Waals surface area (Å²) >= 11 is 5.87. The normalized spacial score (nSPS) is 10.5. The zero-order valence-electron chi connectivity index (χ0n) is 14.7. The summed E-state index contributed by atoms with van der Waals surface area (Å²) in [4.78, 5) is 27.0. The van der Waals surface area contributed by atoms with E-state index >= 15 is 0 Å². The molecule has 0 fully saturated rings. The summed E-state index contributed by atoms with van der Waals surface area (Å²) < 4.78 is 4.76. The molecule has 3 rings (SSSR count). The number of likely N-dealkylation sites (N-methyl/N-ethyl adjacent to an activating group) is 1. The minimum absolute atomic E-state index is 0.132. The van der Waals surface area contributed by atoms with E-state index in [4.69, 9.17) is 16.3 Å². The Morgan fingerprint density at radius 1 is 1.15 bits per heavy atom. The fourth-order valence-electron chi connectivity index (χ4n) is 2.43. The Labute approximate surface area is 160 Å². The summed E-state index contributed by atoms with van der Waals surface area (Å²) in [5, 5.41) is 12.7. The van der Waals surface area contributed by atoms with E-state index in [2.05, 4.69) is 15.4 Å². The number of nitrogens with zero attached hydrogens (tertiary/aromatic N) is 5. The highest BCUT2D eigenvalue weighted by atomic mass is 35.5. The molecule has 1 amide bonds. The number of anilines is 1. The molecule has 1 aromatic heterocycles. The number of para-hydroxylation sites is 1. The first kappa shape index (κ1) is 18.5. The first-order valence-electron chi connectivity index (χ1n) is 7.97. The minimum Gasteiger partial charge on any atom is -0.465 e. The Bertz CT molecular complexity index is 971. The van der Waals surface area contributed by atoms with Gasteiger partial charge < -0.3 is 9.64 Å². The van der Waals surface area contributed by atoms with Crippen LogP contribution in [0, 0.1) is 0 Å². The van der Waals surface area contributed by atoms with Crippen LogP contribution >= 0.6 is 11.6 Å². The smallest absolute Gasteiger partial charge is 0.339 e. The van der Waals surface area contributed by atoms with Crippen LogP contribution in [0.15, 0.2) is 48.5 Å². The van der Waals surface area contributed by atoms with Gasteiger partial charge in [0.2, 0.25) is 11.7 Å². The van der Waals surface area contributed by atoms with Crippen molar-refractivity contribution in [3.8, 4) is 11.4 Å². The topological polar surface area (TPSA) is 90.2 Å². The maximum absolute atomic E-state index is 12.6. The number of hydrogen-bond acceptors (Lipinski definition) is 6. The van der Waals surface area contributed by atoms with E-state index < -0.39 is 5.97 Å². The van der Waals surface area contributed by atoms with Gasteiger partial charge in [0.1, 0.15) is 6.54 Å². The van der Waals surface area contributed by atoms with Gasteiger partial charge in [0, 0.05) is 17.6 Å². The van der Waals surface area contributed by atoms with Crippen LogP contribution in [0.5, 0.6) is 0 Å². The molecule has 0 radical (unpaired) electrons. The molecule has 8 nitrogen and oxygen atoms in total. The van der Waals surface area contributed by atoms with Crippen molar-refractivity contribution >= 4 is 29.2 Å². The second-order valence-electron chi connectivity index (χ2n) is 5.61. The predicted octanol–water partition coefficient (Wildman–Crippen LogP) is 2.44. The van der Waals surface area contributed by atoms with E-state index in [1.807, 2.05) is 0 Å². The number of benzene rings is 2. The van der Waals surface area contributed by atoms with Crippen LogP contribution in [-0.4, -0.2) is 46.2 Å². The van der Waals surface area contributed by atoms with Crippen molar-refractivity contribution < 1.29 is 14.3 Å². The van der Waals surface area contributed by atoms with Gasteiger partial charge in [-0.3, -0.25) is 4.79 Å². The monoisotopic (exact) mass is 385 g/mol. The molecule has 0 N–H and O–H groups in total. The molecule has 0 bridgehead atoms. The molecule has 0 atom stereocenters. The molecule has 0 aliphatic rings. The number of methoxy groups -OCH3 is 1. The lowest BCUT2D eigenvalue weighted by atomic mass is 10.1. The molecular weight excluding hydrogens is 370 g/mol. The highest BCUT2D eigenvalue weighted by molar-refractivity contribution is 6.30. The lowest BCUT2D eigenvalue weighted by Gasteiger charge is -2.19. The fourth-order valence-corrected chi connectivity index (χ4v) is 2.56. The van der Waals surface area contributed by atoms with E-state index in [1.54, 1.807) is 55.6 Å². The molecule has 0 aliphatic heterocycles. The molecule has 3 aromatic rings. The summed E-state index contributed by atoms with van der Waals surface area (Å²) in [6, 6.07) is 13.7. The molecular formula is C18H16ClN5O3. The Balaban J connectivity index is 1.76. The van der Waals surface area contributed by atoms with Crippen molar-refractivity contribution in [3.63, 3.8) is 0 Å². The van der Waals surface area contributed by atoms with Crippen molar-refractivity contribution in [2.24, 2.45) is 0 Å². The summed E-state index contributed by atoms with van der Waals surface area (Å²) in [5.74, 6) is -0.447. The average Bonchev–Trinajstić information content (AvgIpc) is 3.15. The second-order valence-corrected chi connectivity index (χ2v) is 6.05. The summed E-state index contributed by atoms with van der Waals surface area (Å²) in [7, 11) is 2.86. The number of ether oxygens (including phenoxy) is 1. The van der Waals surface area contributed by atoms with Gasteiger partial charge in [-0.15, -0.1) is 10.2 Å². The standard InChI is InChI=1S/C18H16ClN5O3/c1-23(15-6-4-3-5-14(15)18(26)27-2)16(25)11-24-21-17(20-22-24)12-7-9-13(19)10-8-12/h3-10H,11H2,1-2H3. The molecule has 2 aromatic carbocycles. The van der Waals surface area contributed by atoms with E-state index in [9.17, 15) is 9.59 Å². The van der Waals surface area contributed by atoms with Crippen molar-refractivity contribution in [3.05, 3.63) is 59.1 Å². The first-order valence-corrected chi connectivity index (χ1v) is 8.35. The number of rotatable bonds is 5. The van der Waals surface area contributed by atoms with Crippen LogP contribution in [0.3, 0.4) is 0 Å². The number of tetrazole rings is 1. The predicted molar refractivity (Wildman–Crippen MR) is 99.5 cm³/mol. The van der Waals surface area contributed by atoms with Gasteiger partial charge >= 0.3 is 5.97 Å². The maximum atomic E-state index is 12.6. The zero-order chi connectivity index (χ0) is 19.4. The summed E-state index contributed by atoms with van der Waals surface area (Å²) in [5.41, 5.74) is 1.47. The van der Waals surface area contributed by atoms with Crippen molar-refractivity contribution in [1.82, 2.24) is 20.2 Å². The number of hydrogen-bond donors (Lipinski definition) is 0. The Kier molecular flexibility index (Phi) is 5.46. The fraction of sp³-hybridized carbons (Fsp3) is 0.167. The molecule has 138 valence electrons. The van der Waals surface area contributed by atoms with Gasteiger partial charge in [-0.2, -0.15) is 4.80 Å². The lowest BCUT2D eigenvalue weighted by Crippen LogP contribution is -2.32. The van der Waals surface area contributed by atoms with E-state index in [0.717, 1.165) is 5.56 Å². The van der Waals surface area contributed by atoms with Crippen molar-refractivity contribution in [1.29, 1.82) is 0 Å². The molecule has 0 spiro atoms. The SMILES string of the molecule is COC(=O)c1ccccc1N(C)C(=O)Cn1nnc(-c2ccc(Cl)cc2)n1. The second kappa shape index (κ2) is 7.96. The molecule has 0 saturated heterocycles. The van der Waals surface area contributed by atoms with Crippen LogP contribution in [0.1, 0.15) is 10.4 Å². The van der Waals surface area contributed by atoms with Gasteiger partial charge in [0.15, 0.2) is 0 Å². The van der Waals surface area contributed by atoms with Gasteiger partial charge in [0.25, 0.3) is 0 Å². The first-order chi connectivity index (χ1) is 13.0. The Morgan fingerprint density at radius 3 is 2.56 bits per heavy atom. The van der Waals surface area contributed by atoms with Gasteiger partial charge in [0.05, 0.1) is 18.4 Å². The number of carbonyl (C=O) groups is 2. The Hall–Kier alpha value is -3.26. The number of aromatic nitrogens is 4. The number of halogens is 1. The van der Waals surface area contributed by atoms with E-state index in [1.165, 1.54) is 16.8 Å². The van der Waals surface area contributed by atoms with Crippen LogP contribution in [0.2, 0.25) is 5.02 Å². The Morgan fingerprint density at radius 2 is 1.85 bits per heavy atom. The van der Waals surface area contributed by atoms with Gasteiger partial charge in [-0.05, 0) is 41.6 Å². The number of esters is 1. The highest BCUT2D eigenvalue weighted by Crippen LogP contribution is 2.21. The average molecular weight is 386 g/mol. The van der Waals surface area contributed by atoms with Gasteiger partial charge in [-0.25, -0.2) is 4.79 Å². The minimum atomic E-state index is -0.519. The number of carbonyl (C=O) groups excluding carboxylic acids is 2. The zero-order valence-corrected chi connectivity index (χ0v) is 15.4. The summed E-state index contributed by atoms with van der Waals surface area (Å²) in [6.45, 7) is -0.132. The third-order valence-electron chi connectivity index (χ3n) is 3.88. The molecule has 9 heteroatoms. The van der Waals surface area contributed by atoms with Crippen LogP contribution in [0.4, 0.5) is 5.69 Å². The third kappa shape index (κ3) is 4.12. The van der Waals surface area contributed by atoms with Crippen LogP contribution in [0.25, 0.3) is 11.4 Å². The highest BCUT2D eigenvalue weighted by Gasteiger charge is 2.20. The van der Waals surface area contributed by atoms with Crippen LogP contribution < -0.4 is 4.90 Å². The largest absolute Gasteiger partial charge is 0.465 e. The van der Waals surface area contributed by atoms with Crippen LogP contribution in [-0.2, 0) is 16.1 Å². The maximum Gasteiger partial charge on any atom is 0.339 e. The van der Waals surface area contributed by atoms with Crippen molar-refractivity contribution in [2.75, 3.05) is 19.1 Å². The van der Waals surface area contributed by atoms with Gasteiger partial charge in [-0.1, -0.05) is 23.7 Å². The lowest BCUT2D eigenvalue weighted by molar-refractivity contribution is -0.119. The molecule has 27 heavy (non-hydrogen) atoms. The number of amides is 1. The molecule has 0 saturated carbocycles. The molecule has 0 aliphatic carbocycles. The van der Waals surface area contributed by atoms with E-state index in [0.29, 0.717) is 22.1 Å². The molecule has 1 heterocycles. The summed E-state index contributed by atoms with van der Waals surface area (Å²) in [6.07, 6.45) is 0. The molecule has 0 unspecified atom stereocenters. The third-order valence-corrected chi connectivity index (χ3v) is 4.13. The van der Waals surface area contributed by atoms with E-state index in [-0.39, 0.29) is 12.5 Å².